The van der Waals surface area contributed by atoms with Gasteiger partial charge in [-0.1, -0.05) is 32.9 Å². The van der Waals surface area contributed by atoms with E-state index in [1.165, 1.54) is 5.56 Å². The van der Waals surface area contributed by atoms with Crippen LogP contribution in [0, 0.1) is 0 Å². The molecule has 1 aromatic rings. The first-order chi connectivity index (χ1) is 8.10. The van der Waals surface area contributed by atoms with Gasteiger partial charge in [-0.25, -0.2) is 0 Å². The molecule has 0 aliphatic carbocycles. The van der Waals surface area contributed by atoms with Crippen LogP contribution in [-0.2, 0) is 5.41 Å². The Labute approximate surface area is 105 Å². The fourth-order valence-corrected chi connectivity index (χ4v) is 1.61. The molecule has 0 aliphatic heterocycles. The molecule has 1 rings (SSSR count). The summed E-state index contributed by atoms with van der Waals surface area (Å²) in [5, 5.41) is 8.66. The molecule has 0 amide bonds. The molecule has 0 radical (unpaired) electrons. The lowest BCUT2D eigenvalue weighted by molar-refractivity contribution is 0.253. The Hall–Kier alpha value is -1.02. The van der Waals surface area contributed by atoms with Gasteiger partial charge in [-0.3, -0.25) is 0 Å². The van der Waals surface area contributed by atoms with Crippen molar-refractivity contribution in [2.24, 2.45) is 0 Å². The predicted molar refractivity (Wildman–Crippen MR) is 71.6 cm³/mol. The topological polar surface area (TPSA) is 29.5 Å². The van der Waals surface area contributed by atoms with E-state index >= 15 is 0 Å². The van der Waals surface area contributed by atoms with Crippen molar-refractivity contribution in [2.45, 2.75) is 45.4 Å². The van der Waals surface area contributed by atoms with Crippen LogP contribution in [-0.4, -0.2) is 18.3 Å². The molecule has 0 spiro atoms. The molecule has 0 heterocycles. The molecule has 2 heteroatoms. The maximum Gasteiger partial charge on any atom is 0.119 e. The Bertz CT molecular complexity index is 314. The van der Waals surface area contributed by atoms with Gasteiger partial charge in [0.2, 0.25) is 0 Å². The van der Waals surface area contributed by atoms with Crippen molar-refractivity contribution in [2.75, 3.05) is 13.2 Å². The molecule has 17 heavy (non-hydrogen) atoms. The maximum atomic E-state index is 8.66. The van der Waals surface area contributed by atoms with Crippen molar-refractivity contribution < 1.29 is 9.84 Å². The second kappa shape index (κ2) is 6.65. The number of aliphatic hydroxyl groups is 1. The summed E-state index contributed by atoms with van der Waals surface area (Å²) in [4.78, 5) is 0. The molecule has 0 aliphatic rings. The van der Waals surface area contributed by atoms with Gasteiger partial charge >= 0.3 is 0 Å². The molecule has 0 saturated carbocycles. The molecule has 1 aromatic carbocycles. The van der Waals surface area contributed by atoms with E-state index in [9.17, 15) is 0 Å². The quantitative estimate of drug-likeness (QED) is 0.734. The number of hydrogen-bond acceptors (Lipinski definition) is 2. The minimum atomic E-state index is 0.232. The Morgan fingerprint density at radius 2 is 1.76 bits per heavy atom. The number of unbranched alkanes of at least 4 members (excludes halogenated alkanes) is 1. The fourth-order valence-electron chi connectivity index (χ4n) is 1.61. The van der Waals surface area contributed by atoms with E-state index in [-0.39, 0.29) is 12.0 Å². The molecule has 0 saturated heterocycles. The second-order valence-electron chi connectivity index (χ2n) is 5.04. The van der Waals surface area contributed by atoms with Crippen LogP contribution in [0.2, 0.25) is 0 Å². The third kappa shape index (κ3) is 4.39. The summed E-state index contributed by atoms with van der Waals surface area (Å²) in [7, 11) is 0. The number of hydrogen-bond donors (Lipinski definition) is 1. The minimum absolute atomic E-state index is 0.232. The molecule has 96 valence electrons. The summed E-state index contributed by atoms with van der Waals surface area (Å²) >= 11 is 0. The highest BCUT2D eigenvalue weighted by Gasteiger charge is 2.17. The van der Waals surface area contributed by atoms with Gasteiger partial charge in [0.05, 0.1) is 6.61 Å². The lowest BCUT2D eigenvalue weighted by Gasteiger charge is -2.23. The first-order valence-corrected chi connectivity index (χ1v) is 6.44. The zero-order chi connectivity index (χ0) is 12.7. The van der Waals surface area contributed by atoms with E-state index in [1.807, 2.05) is 12.1 Å². The highest BCUT2D eigenvalue weighted by molar-refractivity contribution is 5.31. The third-order valence-electron chi connectivity index (χ3n) is 3.34. The zero-order valence-corrected chi connectivity index (χ0v) is 11.2. The van der Waals surface area contributed by atoms with Crippen LogP contribution in [0.5, 0.6) is 5.75 Å². The van der Waals surface area contributed by atoms with Crippen molar-refractivity contribution in [3.63, 3.8) is 0 Å². The van der Waals surface area contributed by atoms with Crippen LogP contribution in [0.15, 0.2) is 24.3 Å². The summed E-state index contributed by atoms with van der Waals surface area (Å²) in [5.74, 6) is 0.915. The van der Waals surface area contributed by atoms with Crippen LogP contribution in [0.25, 0.3) is 0 Å². The highest BCUT2D eigenvalue weighted by atomic mass is 16.5. The normalized spacial score (nSPS) is 11.5. The smallest absolute Gasteiger partial charge is 0.119 e. The fraction of sp³-hybridized carbons (Fsp3) is 0.600. The second-order valence-corrected chi connectivity index (χ2v) is 5.04. The van der Waals surface area contributed by atoms with Gasteiger partial charge in [-0.15, -0.1) is 0 Å². The van der Waals surface area contributed by atoms with E-state index in [0.717, 1.165) is 25.0 Å². The Balaban J connectivity index is 2.50. The molecule has 0 fully saturated rings. The van der Waals surface area contributed by atoms with Crippen molar-refractivity contribution >= 4 is 0 Å². The lowest BCUT2D eigenvalue weighted by Crippen LogP contribution is -2.15. The van der Waals surface area contributed by atoms with E-state index in [1.54, 1.807) is 0 Å². The molecule has 0 bridgehead atoms. The third-order valence-corrected chi connectivity index (χ3v) is 3.34. The van der Waals surface area contributed by atoms with Crippen LogP contribution in [0.4, 0.5) is 0 Å². The summed E-state index contributed by atoms with van der Waals surface area (Å²) in [6.45, 7) is 7.64. The molecule has 0 unspecified atom stereocenters. The Kier molecular flexibility index (Phi) is 5.49. The maximum absolute atomic E-state index is 8.66. The lowest BCUT2D eigenvalue weighted by atomic mass is 9.82. The predicted octanol–water partition coefficient (Wildman–Crippen LogP) is 3.53. The Morgan fingerprint density at radius 3 is 2.29 bits per heavy atom. The Morgan fingerprint density at radius 1 is 1.12 bits per heavy atom. The number of ether oxygens (including phenoxy) is 1. The molecule has 1 N–H and O–H groups in total. The molecule has 2 nitrogen and oxygen atoms in total. The molecular formula is C15H24O2. The average Bonchev–Trinajstić information content (AvgIpc) is 2.35. The van der Waals surface area contributed by atoms with E-state index in [2.05, 4.69) is 32.9 Å². The monoisotopic (exact) mass is 236 g/mol. The standard InChI is InChI=1S/C15H24O2/c1-4-15(2,3)13-7-9-14(10-8-13)17-12-6-5-11-16/h7-10,16H,4-6,11-12H2,1-3H3. The van der Waals surface area contributed by atoms with Gasteiger partial charge in [-0.2, -0.15) is 0 Å². The van der Waals surface area contributed by atoms with Crippen LogP contribution in [0.1, 0.15) is 45.6 Å². The highest BCUT2D eigenvalue weighted by Crippen LogP contribution is 2.27. The molecular weight excluding hydrogens is 212 g/mol. The number of aliphatic hydroxyl groups excluding tert-OH is 1. The van der Waals surface area contributed by atoms with Gasteiger partial charge in [0, 0.05) is 6.61 Å². The first-order valence-electron chi connectivity index (χ1n) is 6.44. The van der Waals surface area contributed by atoms with Crippen molar-refractivity contribution in [3.8, 4) is 5.75 Å². The summed E-state index contributed by atoms with van der Waals surface area (Å²) in [6.07, 6.45) is 2.84. The van der Waals surface area contributed by atoms with Gasteiger partial charge in [-0.05, 0) is 42.4 Å². The minimum Gasteiger partial charge on any atom is -0.494 e. The van der Waals surface area contributed by atoms with Gasteiger partial charge < -0.3 is 9.84 Å². The van der Waals surface area contributed by atoms with Gasteiger partial charge in [0.1, 0.15) is 5.75 Å². The summed E-state index contributed by atoms with van der Waals surface area (Å²) < 4.78 is 5.60. The first kappa shape index (κ1) is 14.0. The van der Waals surface area contributed by atoms with Gasteiger partial charge in [0.25, 0.3) is 0 Å². The van der Waals surface area contributed by atoms with E-state index in [4.69, 9.17) is 9.84 Å². The van der Waals surface area contributed by atoms with Crippen molar-refractivity contribution in [3.05, 3.63) is 29.8 Å². The van der Waals surface area contributed by atoms with Crippen LogP contribution in [0.3, 0.4) is 0 Å². The zero-order valence-electron chi connectivity index (χ0n) is 11.2. The summed E-state index contributed by atoms with van der Waals surface area (Å²) in [6, 6.07) is 8.35. The van der Waals surface area contributed by atoms with Crippen LogP contribution >= 0.6 is 0 Å². The molecule has 0 atom stereocenters. The number of benzene rings is 1. The van der Waals surface area contributed by atoms with E-state index < -0.39 is 0 Å². The summed E-state index contributed by atoms with van der Waals surface area (Å²) in [5.41, 5.74) is 1.58. The van der Waals surface area contributed by atoms with E-state index in [0.29, 0.717) is 6.61 Å². The van der Waals surface area contributed by atoms with Crippen LogP contribution < -0.4 is 4.74 Å². The average molecular weight is 236 g/mol. The SMILES string of the molecule is CCC(C)(C)c1ccc(OCCCCO)cc1. The van der Waals surface area contributed by atoms with Crippen molar-refractivity contribution in [1.82, 2.24) is 0 Å². The largest absolute Gasteiger partial charge is 0.494 e. The van der Waals surface area contributed by atoms with Gasteiger partial charge in [0.15, 0.2) is 0 Å². The van der Waals surface area contributed by atoms with Crippen molar-refractivity contribution in [1.29, 1.82) is 0 Å². The number of rotatable bonds is 7. The molecule has 0 aromatic heterocycles.